The minimum Gasteiger partial charge on any atom is -0.388 e. The van der Waals surface area contributed by atoms with E-state index in [1.54, 1.807) is 18.6 Å². The Balaban J connectivity index is 2.17. The van der Waals surface area contributed by atoms with Crippen molar-refractivity contribution in [1.82, 2.24) is 9.97 Å². The summed E-state index contributed by atoms with van der Waals surface area (Å²) in [6.45, 7) is 1.90. The number of aromatic nitrogens is 2. The van der Waals surface area contributed by atoms with Crippen molar-refractivity contribution in [2.75, 3.05) is 0 Å². The van der Waals surface area contributed by atoms with E-state index in [9.17, 15) is 5.11 Å². The summed E-state index contributed by atoms with van der Waals surface area (Å²) >= 11 is 6.00. The highest BCUT2D eigenvalue weighted by Crippen LogP contribution is 2.22. The molecule has 0 aliphatic carbocycles. The molecule has 2 aromatic rings. The molecule has 0 spiro atoms. The Bertz CT molecular complexity index is 516. The quantitative estimate of drug-likeness (QED) is 0.909. The average Bonchev–Trinajstić information content (AvgIpc) is 2.32. The number of aliphatic hydroxyl groups excluding tert-OH is 1. The number of pyridine rings is 2. The van der Waals surface area contributed by atoms with Crippen LogP contribution in [0.2, 0.25) is 5.02 Å². The number of hydrogen-bond acceptors (Lipinski definition) is 3. The Morgan fingerprint density at radius 1 is 1.35 bits per heavy atom. The molecule has 0 fully saturated rings. The zero-order valence-corrected chi connectivity index (χ0v) is 10.2. The first kappa shape index (κ1) is 12.0. The van der Waals surface area contributed by atoms with Crippen molar-refractivity contribution in [2.24, 2.45) is 0 Å². The molecule has 1 N–H and O–H groups in total. The minimum atomic E-state index is -0.573. The first-order valence-corrected chi connectivity index (χ1v) is 5.73. The Hall–Kier alpha value is -1.45. The number of nitrogens with zero attached hydrogens (tertiary/aromatic N) is 2. The van der Waals surface area contributed by atoms with Gasteiger partial charge in [0.05, 0.1) is 11.1 Å². The van der Waals surface area contributed by atoms with Gasteiger partial charge in [-0.25, -0.2) is 0 Å². The fourth-order valence-electron chi connectivity index (χ4n) is 1.67. The molecule has 2 heterocycles. The minimum absolute atomic E-state index is 0.477. The van der Waals surface area contributed by atoms with Gasteiger partial charge in [-0.05, 0) is 36.2 Å². The zero-order valence-electron chi connectivity index (χ0n) is 9.47. The second kappa shape index (κ2) is 5.25. The van der Waals surface area contributed by atoms with Crippen LogP contribution in [-0.4, -0.2) is 15.1 Å². The maximum Gasteiger partial charge on any atom is 0.0832 e. The van der Waals surface area contributed by atoms with Crippen molar-refractivity contribution in [2.45, 2.75) is 19.4 Å². The molecule has 17 heavy (non-hydrogen) atoms. The first-order chi connectivity index (χ1) is 8.16. The Morgan fingerprint density at radius 3 is 2.88 bits per heavy atom. The molecule has 0 amide bonds. The summed E-state index contributed by atoms with van der Waals surface area (Å²) in [5.74, 6) is 0. The maximum absolute atomic E-state index is 10.1. The van der Waals surface area contributed by atoms with Crippen LogP contribution in [0.3, 0.4) is 0 Å². The third-order valence-corrected chi connectivity index (χ3v) is 2.92. The third kappa shape index (κ3) is 3.02. The van der Waals surface area contributed by atoms with Gasteiger partial charge in [0.25, 0.3) is 0 Å². The Labute approximate surface area is 105 Å². The van der Waals surface area contributed by atoms with E-state index >= 15 is 0 Å². The van der Waals surface area contributed by atoms with E-state index in [-0.39, 0.29) is 0 Å². The summed E-state index contributed by atoms with van der Waals surface area (Å²) in [7, 11) is 0. The van der Waals surface area contributed by atoms with Crippen LogP contribution in [0, 0.1) is 6.92 Å². The fourth-order valence-corrected chi connectivity index (χ4v) is 1.87. The SMILES string of the molecule is Cc1cc(C(O)Cc2ccncc2Cl)ccn1. The highest BCUT2D eigenvalue weighted by Gasteiger charge is 2.11. The zero-order chi connectivity index (χ0) is 12.3. The number of aryl methyl sites for hydroxylation is 1. The molecular formula is C13H13ClN2O. The van der Waals surface area contributed by atoms with Gasteiger partial charge in [0.1, 0.15) is 0 Å². The summed E-state index contributed by atoms with van der Waals surface area (Å²) in [5, 5.41) is 10.7. The molecule has 0 radical (unpaired) electrons. The maximum atomic E-state index is 10.1. The van der Waals surface area contributed by atoms with Gasteiger partial charge in [0.2, 0.25) is 0 Å². The average molecular weight is 249 g/mol. The molecule has 4 heteroatoms. The van der Waals surface area contributed by atoms with E-state index < -0.39 is 6.10 Å². The molecule has 2 rings (SSSR count). The van der Waals surface area contributed by atoms with Gasteiger partial charge in [0.15, 0.2) is 0 Å². The molecule has 3 nitrogen and oxygen atoms in total. The molecule has 0 aromatic carbocycles. The molecule has 0 bridgehead atoms. The molecule has 0 saturated heterocycles. The summed E-state index contributed by atoms with van der Waals surface area (Å²) in [5.41, 5.74) is 2.64. The van der Waals surface area contributed by atoms with Gasteiger partial charge < -0.3 is 5.11 Å². The summed E-state index contributed by atoms with van der Waals surface area (Å²) in [4.78, 5) is 8.02. The van der Waals surface area contributed by atoms with Crippen LogP contribution in [0.15, 0.2) is 36.8 Å². The molecule has 0 saturated carbocycles. The second-order valence-corrected chi connectivity index (χ2v) is 4.32. The second-order valence-electron chi connectivity index (χ2n) is 3.92. The smallest absolute Gasteiger partial charge is 0.0832 e. The first-order valence-electron chi connectivity index (χ1n) is 5.36. The lowest BCUT2D eigenvalue weighted by Crippen LogP contribution is -2.03. The van der Waals surface area contributed by atoms with Crippen molar-refractivity contribution in [3.63, 3.8) is 0 Å². The Kier molecular flexibility index (Phi) is 3.71. The topological polar surface area (TPSA) is 46.0 Å². The van der Waals surface area contributed by atoms with Gasteiger partial charge in [0, 0.05) is 30.7 Å². The van der Waals surface area contributed by atoms with E-state index in [1.165, 1.54) is 0 Å². The van der Waals surface area contributed by atoms with Crippen LogP contribution in [0.1, 0.15) is 22.9 Å². The number of hydrogen-bond donors (Lipinski definition) is 1. The predicted molar refractivity (Wildman–Crippen MR) is 66.9 cm³/mol. The van der Waals surface area contributed by atoms with E-state index in [0.717, 1.165) is 16.8 Å². The van der Waals surface area contributed by atoms with Crippen LogP contribution in [0.4, 0.5) is 0 Å². The van der Waals surface area contributed by atoms with E-state index in [1.807, 2.05) is 25.1 Å². The lowest BCUT2D eigenvalue weighted by molar-refractivity contribution is 0.178. The van der Waals surface area contributed by atoms with E-state index in [4.69, 9.17) is 11.6 Å². The molecule has 88 valence electrons. The molecule has 2 aromatic heterocycles. The highest BCUT2D eigenvalue weighted by atomic mass is 35.5. The molecule has 0 aliphatic heterocycles. The molecule has 1 atom stereocenters. The number of aliphatic hydroxyl groups is 1. The van der Waals surface area contributed by atoms with Crippen LogP contribution in [-0.2, 0) is 6.42 Å². The largest absolute Gasteiger partial charge is 0.388 e. The summed E-state index contributed by atoms with van der Waals surface area (Å²) in [6, 6.07) is 5.51. The molecule has 1 unspecified atom stereocenters. The highest BCUT2D eigenvalue weighted by molar-refractivity contribution is 6.31. The van der Waals surface area contributed by atoms with Gasteiger partial charge in [-0.1, -0.05) is 11.6 Å². The van der Waals surface area contributed by atoms with E-state index in [2.05, 4.69) is 9.97 Å². The van der Waals surface area contributed by atoms with Crippen molar-refractivity contribution in [3.8, 4) is 0 Å². The van der Waals surface area contributed by atoms with Crippen molar-refractivity contribution in [1.29, 1.82) is 0 Å². The van der Waals surface area contributed by atoms with Crippen molar-refractivity contribution in [3.05, 3.63) is 58.6 Å². The van der Waals surface area contributed by atoms with Crippen LogP contribution < -0.4 is 0 Å². The summed E-state index contributed by atoms with van der Waals surface area (Å²) in [6.07, 6.45) is 4.86. The van der Waals surface area contributed by atoms with E-state index in [0.29, 0.717) is 11.4 Å². The van der Waals surface area contributed by atoms with Crippen LogP contribution in [0.5, 0.6) is 0 Å². The van der Waals surface area contributed by atoms with Gasteiger partial charge in [-0.15, -0.1) is 0 Å². The normalized spacial score (nSPS) is 12.4. The lowest BCUT2D eigenvalue weighted by Gasteiger charge is -2.12. The fraction of sp³-hybridized carbons (Fsp3) is 0.231. The lowest BCUT2D eigenvalue weighted by atomic mass is 10.0. The molecule has 0 aliphatic rings. The predicted octanol–water partition coefficient (Wildman–Crippen LogP) is 2.71. The number of rotatable bonds is 3. The van der Waals surface area contributed by atoms with Gasteiger partial charge >= 0.3 is 0 Å². The standard InChI is InChI=1S/C13H13ClN2O/c1-9-6-11(3-5-16-9)13(17)7-10-2-4-15-8-12(10)14/h2-6,8,13,17H,7H2,1H3. The van der Waals surface area contributed by atoms with Crippen molar-refractivity contribution < 1.29 is 5.11 Å². The third-order valence-electron chi connectivity index (χ3n) is 2.58. The Morgan fingerprint density at radius 2 is 2.18 bits per heavy atom. The van der Waals surface area contributed by atoms with Gasteiger partial charge in [-0.3, -0.25) is 9.97 Å². The molecular weight excluding hydrogens is 236 g/mol. The monoisotopic (exact) mass is 248 g/mol. The van der Waals surface area contributed by atoms with Crippen molar-refractivity contribution >= 4 is 11.6 Å². The van der Waals surface area contributed by atoms with Gasteiger partial charge in [-0.2, -0.15) is 0 Å². The number of halogens is 1. The summed E-state index contributed by atoms with van der Waals surface area (Å²) < 4.78 is 0. The van der Waals surface area contributed by atoms with Crippen LogP contribution in [0.25, 0.3) is 0 Å². The van der Waals surface area contributed by atoms with Crippen LogP contribution >= 0.6 is 11.6 Å².